The van der Waals surface area contributed by atoms with Gasteiger partial charge in [-0.25, -0.2) is 4.98 Å². The van der Waals surface area contributed by atoms with Crippen LogP contribution in [0.25, 0.3) is 11.0 Å². The van der Waals surface area contributed by atoms with Gasteiger partial charge in [0.2, 0.25) is 0 Å². The summed E-state index contributed by atoms with van der Waals surface area (Å²) < 4.78 is 0. The minimum absolute atomic E-state index is 0.0766. The molecule has 0 fully saturated rings. The van der Waals surface area contributed by atoms with E-state index in [4.69, 9.17) is 0 Å². The summed E-state index contributed by atoms with van der Waals surface area (Å²) in [6, 6.07) is 7.78. The van der Waals surface area contributed by atoms with Gasteiger partial charge in [-0.15, -0.1) is 0 Å². The Bertz CT molecular complexity index is 851. The molecular weight excluding hydrogens is 276 g/mol. The van der Waals surface area contributed by atoms with Gasteiger partial charge in [0.15, 0.2) is 5.65 Å². The third-order valence-corrected chi connectivity index (χ3v) is 3.92. The second kappa shape index (κ2) is 5.60. The van der Waals surface area contributed by atoms with Gasteiger partial charge in [-0.1, -0.05) is 6.07 Å². The third kappa shape index (κ3) is 2.57. The zero-order valence-electron chi connectivity index (χ0n) is 12.9. The van der Waals surface area contributed by atoms with E-state index in [-0.39, 0.29) is 5.91 Å². The molecule has 0 saturated heterocycles. The van der Waals surface area contributed by atoms with E-state index in [0.29, 0.717) is 17.8 Å². The molecule has 2 heterocycles. The number of aromatic amines is 1. The zero-order valence-corrected chi connectivity index (χ0v) is 12.9. The molecule has 3 rings (SSSR count). The maximum absolute atomic E-state index is 12.4. The van der Waals surface area contributed by atoms with Gasteiger partial charge in [-0.2, -0.15) is 5.10 Å². The summed E-state index contributed by atoms with van der Waals surface area (Å²) in [5.41, 5.74) is 5.53. The molecule has 0 radical (unpaired) electrons. The largest absolute Gasteiger partial charge is 0.346 e. The summed E-state index contributed by atoms with van der Waals surface area (Å²) in [5, 5.41) is 10.9. The number of rotatable bonds is 3. The molecule has 0 aliphatic carbocycles. The number of hydrogen-bond donors (Lipinski definition) is 2. The number of pyridine rings is 1. The van der Waals surface area contributed by atoms with Crippen LogP contribution in [0.1, 0.15) is 32.7 Å². The lowest BCUT2D eigenvalue weighted by molar-refractivity contribution is 0.0950. The standard InChI is InChI=1S/C17H18N4O/c1-10-7-12(3)14(8-11(10)2)17(22)19-9-15-13-5-4-6-18-16(13)21-20-15/h4-8H,9H2,1-3H3,(H,19,22)(H,18,20,21). The van der Waals surface area contributed by atoms with Crippen LogP contribution in [0.3, 0.4) is 0 Å². The van der Waals surface area contributed by atoms with Crippen LogP contribution in [0.4, 0.5) is 0 Å². The van der Waals surface area contributed by atoms with Crippen LogP contribution < -0.4 is 5.32 Å². The molecule has 2 aromatic heterocycles. The average molecular weight is 294 g/mol. The highest BCUT2D eigenvalue weighted by Crippen LogP contribution is 2.16. The van der Waals surface area contributed by atoms with Gasteiger partial charge >= 0.3 is 0 Å². The Labute approximate surface area is 128 Å². The Kier molecular flexibility index (Phi) is 3.63. The number of carbonyl (C=O) groups is 1. The molecule has 0 aliphatic rings. The Morgan fingerprint density at radius 3 is 2.77 bits per heavy atom. The first kappa shape index (κ1) is 14.3. The van der Waals surface area contributed by atoms with Crippen molar-refractivity contribution in [3.05, 3.63) is 58.4 Å². The molecule has 0 saturated carbocycles. The number of amides is 1. The van der Waals surface area contributed by atoms with Crippen LogP contribution in [0.5, 0.6) is 0 Å². The van der Waals surface area contributed by atoms with Gasteiger partial charge in [0, 0.05) is 17.1 Å². The molecule has 0 aliphatic heterocycles. The van der Waals surface area contributed by atoms with E-state index in [1.165, 1.54) is 5.56 Å². The first-order chi connectivity index (χ1) is 10.6. The molecule has 1 amide bonds. The van der Waals surface area contributed by atoms with Gasteiger partial charge in [0.05, 0.1) is 12.2 Å². The predicted molar refractivity (Wildman–Crippen MR) is 85.7 cm³/mol. The fraction of sp³-hybridized carbons (Fsp3) is 0.235. The highest BCUT2D eigenvalue weighted by Gasteiger charge is 2.12. The number of nitrogens with one attached hydrogen (secondary N) is 2. The summed E-state index contributed by atoms with van der Waals surface area (Å²) in [6.45, 7) is 6.41. The van der Waals surface area contributed by atoms with Gasteiger partial charge in [-0.05, 0) is 55.7 Å². The summed E-state index contributed by atoms with van der Waals surface area (Å²) in [4.78, 5) is 16.6. The molecule has 0 unspecified atom stereocenters. The van der Waals surface area contributed by atoms with Crippen molar-refractivity contribution in [1.29, 1.82) is 0 Å². The highest BCUT2D eigenvalue weighted by molar-refractivity contribution is 5.96. The molecule has 112 valence electrons. The summed E-state index contributed by atoms with van der Waals surface area (Å²) in [7, 11) is 0. The number of fused-ring (bicyclic) bond motifs is 1. The van der Waals surface area contributed by atoms with E-state index in [2.05, 4.69) is 20.5 Å². The van der Waals surface area contributed by atoms with Crippen molar-refractivity contribution in [3.8, 4) is 0 Å². The number of hydrogen-bond acceptors (Lipinski definition) is 3. The minimum atomic E-state index is -0.0766. The molecule has 1 aromatic carbocycles. The Hall–Kier alpha value is -2.69. The van der Waals surface area contributed by atoms with Crippen molar-refractivity contribution >= 4 is 16.9 Å². The second-order valence-corrected chi connectivity index (χ2v) is 5.51. The Balaban J connectivity index is 1.79. The SMILES string of the molecule is Cc1cc(C)c(C(=O)NCc2[nH]nc3ncccc23)cc1C. The van der Waals surface area contributed by atoms with E-state index in [0.717, 1.165) is 22.2 Å². The molecule has 22 heavy (non-hydrogen) atoms. The van der Waals surface area contributed by atoms with Gasteiger partial charge in [0.1, 0.15) is 0 Å². The monoisotopic (exact) mass is 294 g/mol. The van der Waals surface area contributed by atoms with Gasteiger partial charge < -0.3 is 5.32 Å². The molecule has 5 heteroatoms. The van der Waals surface area contributed by atoms with Crippen molar-refractivity contribution in [2.45, 2.75) is 27.3 Å². The number of nitrogens with zero attached hydrogens (tertiary/aromatic N) is 2. The molecule has 0 bridgehead atoms. The summed E-state index contributed by atoms with van der Waals surface area (Å²) in [6.07, 6.45) is 1.70. The second-order valence-electron chi connectivity index (χ2n) is 5.51. The quantitative estimate of drug-likeness (QED) is 0.780. The average Bonchev–Trinajstić information content (AvgIpc) is 2.92. The van der Waals surface area contributed by atoms with Crippen molar-refractivity contribution in [1.82, 2.24) is 20.5 Å². The fourth-order valence-corrected chi connectivity index (χ4v) is 2.51. The van der Waals surface area contributed by atoms with Crippen molar-refractivity contribution < 1.29 is 4.79 Å². The maximum atomic E-state index is 12.4. The van der Waals surface area contributed by atoms with Crippen LogP contribution in [0.15, 0.2) is 30.5 Å². The lowest BCUT2D eigenvalue weighted by atomic mass is 10.0. The van der Waals surface area contributed by atoms with Crippen molar-refractivity contribution in [3.63, 3.8) is 0 Å². The number of carbonyl (C=O) groups excluding carboxylic acids is 1. The van der Waals surface area contributed by atoms with E-state index in [1.807, 2.05) is 45.0 Å². The zero-order chi connectivity index (χ0) is 15.7. The van der Waals surface area contributed by atoms with Crippen LogP contribution in [0, 0.1) is 20.8 Å². The van der Waals surface area contributed by atoms with E-state index in [9.17, 15) is 4.79 Å². The summed E-state index contributed by atoms with van der Waals surface area (Å²) in [5.74, 6) is -0.0766. The molecular formula is C17H18N4O. The number of H-pyrrole nitrogens is 1. The van der Waals surface area contributed by atoms with Gasteiger partial charge in [0.25, 0.3) is 5.91 Å². The normalized spacial score (nSPS) is 10.9. The Morgan fingerprint density at radius 1 is 1.18 bits per heavy atom. The minimum Gasteiger partial charge on any atom is -0.346 e. The van der Waals surface area contributed by atoms with Crippen molar-refractivity contribution in [2.75, 3.05) is 0 Å². The number of aryl methyl sites for hydroxylation is 3. The van der Waals surface area contributed by atoms with Crippen LogP contribution in [0.2, 0.25) is 0 Å². The smallest absolute Gasteiger partial charge is 0.251 e. The number of benzene rings is 1. The lowest BCUT2D eigenvalue weighted by Gasteiger charge is -2.10. The molecule has 2 N–H and O–H groups in total. The Morgan fingerprint density at radius 2 is 1.95 bits per heavy atom. The predicted octanol–water partition coefficient (Wildman–Crippen LogP) is 2.81. The topological polar surface area (TPSA) is 70.7 Å². The van der Waals surface area contributed by atoms with E-state index >= 15 is 0 Å². The molecule has 0 atom stereocenters. The fourth-order valence-electron chi connectivity index (χ4n) is 2.51. The van der Waals surface area contributed by atoms with Crippen molar-refractivity contribution in [2.24, 2.45) is 0 Å². The summed E-state index contributed by atoms with van der Waals surface area (Å²) >= 11 is 0. The molecule has 5 nitrogen and oxygen atoms in total. The highest BCUT2D eigenvalue weighted by atomic mass is 16.1. The molecule has 0 spiro atoms. The van der Waals surface area contributed by atoms with Crippen LogP contribution in [-0.4, -0.2) is 21.1 Å². The van der Waals surface area contributed by atoms with E-state index < -0.39 is 0 Å². The first-order valence-corrected chi connectivity index (χ1v) is 7.20. The van der Waals surface area contributed by atoms with E-state index in [1.54, 1.807) is 6.20 Å². The van der Waals surface area contributed by atoms with Crippen LogP contribution in [-0.2, 0) is 6.54 Å². The third-order valence-electron chi connectivity index (χ3n) is 3.92. The number of aromatic nitrogens is 3. The lowest BCUT2D eigenvalue weighted by Crippen LogP contribution is -2.24. The first-order valence-electron chi connectivity index (χ1n) is 7.20. The van der Waals surface area contributed by atoms with Gasteiger partial charge in [-0.3, -0.25) is 9.89 Å². The van der Waals surface area contributed by atoms with Crippen LogP contribution >= 0.6 is 0 Å². The maximum Gasteiger partial charge on any atom is 0.251 e. The molecule has 3 aromatic rings.